The monoisotopic (exact) mass is 1930 g/mol. The van der Waals surface area contributed by atoms with Gasteiger partial charge in [0, 0.05) is 95.3 Å². The number of carbonyl (C=O) groups excluding carboxylic acids is 10. The molecule has 8 rings (SSSR count). The van der Waals surface area contributed by atoms with Crippen molar-refractivity contribution in [3.63, 3.8) is 0 Å². The third-order valence-corrected chi connectivity index (χ3v) is 20.9. The first kappa shape index (κ1) is 116. The molecule has 0 radical (unpaired) electrons. The summed E-state index contributed by atoms with van der Waals surface area (Å²) in [5.41, 5.74) is 5.07. The van der Waals surface area contributed by atoms with Crippen LogP contribution in [-0.4, -0.2) is 264 Å². The molecule has 140 heavy (non-hydrogen) atoms. The number of hydrogen-bond acceptors (Lipinski definition) is 29. The molecule has 0 heterocycles. The molecule has 0 saturated heterocycles. The van der Waals surface area contributed by atoms with Crippen molar-refractivity contribution >= 4 is 58.9 Å². The average molecular weight is 1930 g/mol. The number of ether oxygens (including phenoxy) is 16. The van der Waals surface area contributed by atoms with Gasteiger partial charge in [0.1, 0.15) is 71.8 Å². The molecule has 29 nitrogen and oxygen atoms in total. The molecule has 0 amide bonds. The molecular weight excluding hydrogens is 1790 g/mol. The number of benzene rings is 8. The molecule has 8 unspecified atom stereocenters. The van der Waals surface area contributed by atoms with Crippen LogP contribution in [0.15, 0.2) is 256 Å². The van der Waals surface area contributed by atoms with E-state index in [4.69, 9.17) is 75.8 Å². The Labute approximate surface area is 824 Å². The van der Waals surface area contributed by atoms with Gasteiger partial charge in [0.25, 0.3) is 0 Å². The van der Waals surface area contributed by atoms with E-state index in [1.54, 1.807) is 151 Å². The van der Waals surface area contributed by atoms with Crippen LogP contribution in [0.4, 0.5) is 0 Å². The molecule has 0 aromatic heterocycles. The summed E-state index contributed by atoms with van der Waals surface area (Å²) < 4.78 is 90.4. The van der Waals surface area contributed by atoms with Gasteiger partial charge >= 0.3 is 35.8 Å². The highest BCUT2D eigenvalue weighted by Gasteiger charge is 2.23. The topological polar surface area (TPSA) is 337 Å². The van der Waals surface area contributed by atoms with Gasteiger partial charge in [-0.3, -0.25) is 33.6 Å². The summed E-state index contributed by atoms with van der Waals surface area (Å²) in [6, 6.07) is 65.4. The molecule has 29 heteroatoms. The van der Waals surface area contributed by atoms with E-state index in [0.29, 0.717) is 121 Å². The van der Waals surface area contributed by atoms with Gasteiger partial charge in [0.05, 0.1) is 105 Å². The lowest BCUT2D eigenvalue weighted by molar-refractivity contribution is -0.159. The highest BCUT2D eigenvalue weighted by atomic mass is 16.6. The van der Waals surface area contributed by atoms with Gasteiger partial charge in [0.15, 0.2) is 23.1 Å². The number of hydrogen-bond donors (Lipinski definition) is 1. The third-order valence-electron chi connectivity index (χ3n) is 20.9. The Hall–Kier alpha value is -12.7. The molecular formula is C111H141N3O26. The predicted octanol–water partition coefficient (Wildman–Crippen LogP) is 16.4. The molecule has 0 bridgehead atoms. The Bertz CT molecular complexity index is 4760. The second-order valence-corrected chi connectivity index (χ2v) is 33.6. The first-order valence-electron chi connectivity index (χ1n) is 47.5. The minimum atomic E-state index is -0.603. The lowest BCUT2D eigenvalue weighted by Crippen LogP contribution is -2.33. The maximum Gasteiger partial charge on any atom is 0.330 e. The molecule has 0 aliphatic carbocycles. The fraction of sp³-hybridized carbons (Fsp3) is 0.423. The fourth-order valence-corrected chi connectivity index (χ4v) is 13.3. The predicted molar refractivity (Wildman–Crippen MR) is 534 cm³/mol. The first-order chi connectivity index (χ1) is 67.6. The Kier molecular flexibility index (Phi) is 56.7. The van der Waals surface area contributed by atoms with Crippen molar-refractivity contribution in [3.05, 3.63) is 301 Å². The van der Waals surface area contributed by atoms with E-state index in [0.717, 1.165) is 62.6 Å². The van der Waals surface area contributed by atoms with E-state index < -0.39 is 66.7 Å². The van der Waals surface area contributed by atoms with Crippen LogP contribution < -0.4 is 24.3 Å². The van der Waals surface area contributed by atoms with Crippen molar-refractivity contribution in [2.45, 2.75) is 155 Å². The maximum absolute atomic E-state index is 12.9. The number of rotatable bonds is 68. The Morgan fingerprint density at radius 3 is 0.829 bits per heavy atom. The fourth-order valence-electron chi connectivity index (χ4n) is 13.3. The smallest absolute Gasteiger partial charge is 0.330 e. The zero-order valence-corrected chi connectivity index (χ0v) is 82.6. The zero-order valence-electron chi connectivity index (χ0n) is 82.6. The largest absolute Gasteiger partial charge is 0.494 e. The summed E-state index contributed by atoms with van der Waals surface area (Å²) in [6.07, 6.45) is 4.36. The number of nitrogens with one attached hydrogen (secondary N) is 1. The minimum absolute atomic E-state index is 0.0346. The normalized spacial score (nSPS) is 12.9. The molecule has 0 saturated carbocycles. The molecule has 0 spiro atoms. The minimum Gasteiger partial charge on any atom is -0.494 e. The summed E-state index contributed by atoms with van der Waals surface area (Å²) in [6.45, 7) is 28.9. The van der Waals surface area contributed by atoms with Crippen LogP contribution in [0.1, 0.15) is 170 Å². The third kappa shape index (κ3) is 49.7. The summed E-state index contributed by atoms with van der Waals surface area (Å²) >= 11 is 0. The number of nitrogens with zero attached hydrogens (tertiary/aromatic N) is 2. The van der Waals surface area contributed by atoms with Gasteiger partial charge in [-0.2, -0.15) is 0 Å². The van der Waals surface area contributed by atoms with Gasteiger partial charge in [-0.15, -0.1) is 0 Å². The second kappa shape index (κ2) is 68.4. The van der Waals surface area contributed by atoms with Crippen LogP contribution >= 0.6 is 0 Å². The highest BCUT2D eigenvalue weighted by molar-refractivity contribution is 6.11. The standard InChI is InChI=1S/C73H90N2O15.C21H32O9.C17H19NO2/c1-54(19-16-46-84-64-33-27-61(28-34-64)71(79)58-20-10-7-11-21-58)26-39-68(76)88-55(2)49-82-52-67(87-51-57(4)90-70(78)41-45-75(6)43-18-48-86-66-37-31-63(32-38-66)73(81)60-24-14-9-15-25-60)53-83-50-56(3)89-69(77)40-44-74(5)42-17-47-85-65-35-29-62(30-36-65)72(80)59-22-12-8-13-23-59;1-7-19(22)28-15(4)10-25-13-18(27-12-17(6)30-21(24)9-3)14-26-11-16(5)29-20(23)8-2;1-18-12-5-13-20-16-10-8-15(9-11-16)17(19)14-6-3-2-4-7-14/h7-15,20-25,27-38,54-57,67H,16-19,26,39-53H2,1-6H3;7-9,15-18H,1-3,10-14H2,4-6H3;2-4,6-11,18H,5,12-13H2,1H3. The summed E-state index contributed by atoms with van der Waals surface area (Å²) in [5.74, 6) is 0.341. The molecule has 8 aromatic carbocycles. The van der Waals surface area contributed by atoms with Crippen LogP contribution in [0.5, 0.6) is 23.0 Å². The van der Waals surface area contributed by atoms with Crippen molar-refractivity contribution in [1.29, 1.82) is 0 Å². The molecule has 8 atom stereocenters. The molecule has 756 valence electrons. The number of esters is 6. The van der Waals surface area contributed by atoms with Gasteiger partial charge in [-0.05, 0) is 211 Å². The van der Waals surface area contributed by atoms with Crippen LogP contribution in [-0.2, 0) is 85.6 Å². The van der Waals surface area contributed by atoms with Gasteiger partial charge < -0.3 is 90.9 Å². The Balaban J connectivity index is 0.000000484. The van der Waals surface area contributed by atoms with E-state index in [1.165, 1.54) is 0 Å². The van der Waals surface area contributed by atoms with Crippen molar-refractivity contribution in [2.24, 2.45) is 5.92 Å². The SMILES string of the molecule is C=CC(=O)OC(C)COCC(COCC(C)OC(=O)C=C)OCC(C)OC(=O)C=C.CC(CCCOc1ccc(C(=O)c2ccccc2)cc1)CCC(=O)OC(C)COCC(COCC(C)OC(=O)CCN(C)CCCOc1ccc(C(=O)c2ccccc2)cc1)OCC(C)OC(=O)CCN(C)CCCOc1ccc(C(=O)c2ccccc2)cc1.CNCCCOc1ccc(C(=O)c2ccccc2)cc1. The first-order valence-corrected chi connectivity index (χ1v) is 47.5. The van der Waals surface area contributed by atoms with E-state index in [2.05, 4.69) is 32.0 Å². The summed E-state index contributed by atoms with van der Waals surface area (Å²) in [4.78, 5) is 127. The molecule has 0 aliphatic heterocycles. The molecule has 0 aliphatic rings. The van der Waals surface area contributed by atoms with Crippen LogP contribution in [0.3, 0.4) is 0 Å². The van der Waals surface area contributed by atoms with Gasteiger partial charge in [-0.25, -0.2) is 14.4 Å². The zero-order chi connectivity index (χ0) is 101. The molecule has 8 aromatic rings. The molecule has 1 N–H and O–H groups in total. The van der Waals surface area contributed by atoms with Gasteiger partial charge in [-0.1, -0.05) is 148 Å². The van der Waals surface area contributed by atoms with E-state index in [1.807, 2.05) is 140 Å². The van der Waals surface area contributed by atoms with Crippen LogP contribution in [0, 0.1) is 5.92 Å². The van der Waals surface area contributed by atoms with E-state index >= 15 is 0 Å². The Morgan fingerprint density at radius 2 is 0.543 bits per heavy atom. The van der Waals surface area contributed by atoms with Crippen LogP contribution in [0.25, 0.3) is 0 Å². The van der Waals surface area contributed by atoms with Crippen molar-refractivity contribution in [1.82, 2.24) is 15.1 Å². The summed E-state index contributed by atoms with van der Waals surface area (Å²) in [7, 11) is 5.78. The van der Waals surface area contributed by atoms with Crippen molar-refractivity contribution < 1.29 is 124 Å². The highest BCUT2D eigenvalue weighted by Crippen LogP contribution is 2.23. The van der Waals surface area contributed by atoms with E-state index in [-0.39, 0.29) is 132 Å². The lowest BCUT2D eigenvalue weighted by Gasteiger charge is -2.23. The number of ketones is 4. The second-order valence-electron chi connectivity index (χ2n) is 33.6. The summed E-state index contributed by atoms with van der Waals surface area (Å²) in [5, 5.41) is 3.07. The maximum atomic E-state index is 12.9. The van der Waals surface area contributed by atoms with Crippen molar-refractivity contribution in [2.75, 3.05) is 146 Å². The Morgan fingerprint density at radius 1 is 0.293 bits per heavy atom. The van der Waals surface area contributed by atoms with Gasteiger partial charge in [0.2, 0.25) is 0 Å². The number of carbonyl (C=O) groups is 10. The quantitative estimate of drug-likeness (QED) is 0.0122. The van der Waals surface area contributed by atoms with Crippen LogP contribution in [0.2, 0.25) is 0 Å². The van der Waals surface area contributed by atoms with E-state index in [9.17, 15) is 47.9 Å². The lowest BCUT2D eigenvalue weighted by atomic mass is 10.0. The van der Waals surface area contributed by atoms with Crippen molar-refractivity contribution in [3.8, 4) is 23.0 Å². The average Bonchev–Trinajstić information content (AvgIpc) is 0.865. The molecule has 0 fully saturated rings.